The summed E-state index contributed by atoms with van der Waals surface area (Å²) < 4.78 is 10.5. The Hall–Kier alpha value is -2.81. The minimum absolute atomic E-state index is 0.0412. The van der Waals surface area contributed by atoms with E-state index in [0.29, 0.717) is 11.0 Å². The summed E-state index contributed by atoms with van der Waals surface area (Å²) in [5.74, 6) is -0.284. The summed E-state index contributed by atoms with van der Waals surface area (Å²) in [5, 5.41) is 9.53. The van der Waals surface area contributed by atoms with Crippen molar-refractivity contribution in [3.05, 3.63) is 30.0 Å². The van der Waals surface area contributed by atoms with Gasteiger partial charge in [-0.2, -0.15) is 5.26 Å². The van der Waals surface area contributed by atoms with Crippen LogP contribution in [0, 0.1) is 11.3 Å². The first-order valence-corrected chi connectivity index (χ1v) is 6.43. The zero-order valence-corrected chi connectivity index (χ0v) is 11.8. The molecule has 108 valence electrons. The van der Waals surface area contributed by atoms with Crippen LogP contribution in [-0.2, 0) is 4.74 Å². The summed E-state index contributed by atoms with van der Waals surface area (Å²) in [6.45, 7) is 2.95. The number of amides is 1. The molecule has 0 aliphatic rings. The fraction of sp³-hybridized carbons (Fsp3) is 0.267. The van der Waals surface area contributed by atoms with Crippen molar-refractivity contribution in [3.8, 4) is 6.07 Å². The van der Waals surface area contributed by atoms with E-state index in [1.54, 1.807) is 31.2 Å². The molecule has 0 fully saturated rings. The quantitative estimate of drug-likeness (QED) is 0.637. The Labute approximate surface area is 121 Å². The normalized spacial score (nSPS) is 10.1. The number of nitriles is 1. The zero-order valence-electron chi connectivity index (χ0n) is 11.8. The topological polar surface area (TPSA) is 83.5 Å². The molecule has 2 rings (SSSR count). The molecule has 6 heteroatoms. The number of furan rings is 1. The molecule has 1 amide bonds. The number of hydrogen-bond acceptors (Lipinski definition) is 5. The summed E-state index contributed by atoms with van der Waals surface area (Å²) in [7, 11) is 0. The summed E-state index contributed by atoms with van der Waals surface area (Å²) in [5.41, 5.74) is 0.753. The number of carbonyl (C=O) groups is 2. The Kier molecular flexibility index (Phi) is 4.24. The number of carbonyl (C=O) groups excluding carboxylic acids is 2. The number of para-hydroxylation sites is 1. The smallest absolute Gasteiger partial charge is 0.415 e. The molecule has 0 aliphatic carbocycles. The largest absolute Gasteiger partial charge is 0.451 e. The second kappa shape index (κ2) is 6.09. The molecule has 2 aromatic rings. The average Bonchev–Trinajstić information content (AvgIpc) is 2.84. The van der Waals surface area contributed by atoms with Crippen molar-refractivity contribution in [1.29, 1.82) is 5.26 Å². The van der Waals surface area contributed by atoms with Gasteiger partial charge in [-0.1, -0.05) is 12.1 Å². The maximum absolute atomic E-state index is 12.0. The van der Waals surface area contributed by atoms with Gasteiger partial charge in [0, 0.05) is 12.3 Å². The molecule has 0 saturated carbocycles. The van der Waals surface area contributed by atoms with Crippen LogP contribution >= 0.6 is 0 Å². The van der Waals surface area contributed by atoms with Gasteiger partial charge in [-0.15, -0.1) is 0 Å². The number of nitrogens with zero attached hydrogens (tertiary/aromatic N) is 2. The molecule has 21 heavy (non-hydrogen) atoms. The minimum Gasteiger partial charge on any atom is -0.451 e. The number of rotatable bonds is 4. The lowest BCUT2D eigenvalue weighted by Crippen LogP contribution is -2.32. The number of ketones is 1. The van der Waals surface area contributed by atoms with Crippen LogP contribution in [0.2, 0.25) is 0 Å². The summed E-state index contributed by atoms with van der Waals surface area (Å²) >= 11 is 0. The van der Waals surface area contributed by atoms with Crippen LogP contribution in [0.5, 0.6) is 0 Å². The van der Waals surface area contributed by atoms with Crippen molar-refractivity contribution in [1.82, 2.24) is 0 Å². The molecule has 0 N–H and O–H groups in total. The van der Waals surface area contributed by atoms with Crippen LogP contribution in [0.1, 0.15) is 24.4 Å². The Morgan fingerprint density at radius 3 is 2.71 bits per heavy atom. The van der Waals surface area contributed by atoms with Gasteiger partial charge in [0.15, 0.2) is 11.5 Å². The van der Waals surface area contributed by atoms with Gasteiger partial charge in [0.05, 0.1) is 12.7 Å². The maximum atomic E-state index is 12.0. The first kappa shape index (κ1) is 14.6. The fourth-order valence-electron chi connectivity index (χ4n) is 2.05. The molecule has 0 saturated heterocycles. The second-order valence-corrected chi connectivity index (χ2v) is 4.28. The molecule has 1 heterocycles. The molecule has 1 aromatic carbocycles. The van der Waals surface area contributed by atoms with E-state index >= 15 is 0 Å². The van der Waals surface area contributed by atoms with Gasteiger partial charge in [-0.3, -0.25) is 9.69 Å². The Bertz CT molecular complexity index is 727. The van der Waals surface area contributed by atoms with E-state index in [1.165, 1.54) is 6.92 Å². The van der Waals surface area contributed by atoms with E-state index in [0.717, 1.165) is 4.90 Å². The van der Waals surface area contributed by atoms with E-state index in [4.69, 9.17) is 14.4 Å². The molecule has 0 aliphatic heterocycles. The van der Waals surface area contributed by atoms with Gasteiger partial charge < -0.3 is 9.15 Å². The minimum atomic E-state index is -0.687. The van der Waals surface area contributed by atoms with E-state index < -0.39 is 6.09 Å². The highest BCUT2D eigenvalue weighted by Gasteiger charge is 2.27. The predicted octanol–water partition coefficient (Wildman–Crippen LogP) is 3.12. The van der Waals surface area contributed by atoms with Crippen molar-refractivity contribution >= 4 is 28.5 Å². The molecule has 0 bridgehead atoms. The monoisotopic (exact) mass is 286 g/mol. The Balaban J connectivity index is 2.65. The van der Waals surface area contributed by atoms with E-state index in [9.17, 15) is 9.59 Å². The van der Waals surface area contributed by atoms with Crippen molar-refractivity contribution in [2.75, 3.05) is 18.1 Å². The Morgan fingerprint density at radius 2 is 2.10 bits per heavy atom. The number of hydrogen-bond donors (Lipinski definition) is 0. The van der Waals surface area contributed by atoms with Gasteiger partial charge in [0.1, 0.15) is 17.8 Å². The molecule has 0 unspecified atom stereocenters. The molecule has 6 nitrogen and oxygen atoms in total. The van der Waals surface area contributed by atoms with Crippen LogP contribution < -0.4 is 4.90 Å². The average molecular weight is 286 g/mol. The van der Waals surface area contributed by atoms with E-state index in [2.05, 4.69) is 0 Å². The number of anilines is 1. The van der Waals surface area contributed by atoms with Gasteiger partial charge in [-0.05, 0) is 19.1 Å². The van der Waals surface area contributed by atoms with Gasteiger partial charge in [-0.25, -0.2) is 4.79 Å². The van der Waals surface area contributed by atoms with Crippen LogP contribution in [-0.4, -0.2) is 25.0 Å². The zero-order chi connectivity index (χ0) is 15.4. The summed E-state index contributed by atoms with van der Waals surface area (Å²) in [6, 6.07) is 8.85. The standard InChI is InChI=1S/C15H14N2O4/c1-3-20-15(19)17(9-8-16)13-11-6-4-5-7-12(11)21-14(13)10(2)18/h4-7H,3,9H2,1-2H3. The van der Waals surface area contributed by atoms with Gasteiger partial charge in [0.25, 0.3) is 0 Å². The number of fused-ring (bicyclic) bond motifs is 1. The number of ether oxygens (including phenoxy) is 1. The molecular weight excluding hydrogens is 272 g/mol. The predicted molar refractivity (Wildman–Crippen MR) is 76.2 cm³/mol. The third kappa shape index (κ3) is 2.72. The molecule has 1 aromatic heterocycles. The van der Waals surface area contributed by atoms with Crippen molar-refractivity contribution in [2.24, 2.45) is 0 Å². The summed E-state index contributed by atoms with van der Waals surface area (Å²) in [6.07, 6.45) is -0.687. The van der Waals surface area contributed by atoms with Gasteiger partial charge >= 0.3 is 6.09 Å². The maximum Gasteiger partial charge on any atom is 0.415 e. The van der Waals surface area contributed by atoms with Crippen molar-refractivity contribution in [2.45, 2.75) is 13.8 Å². The van der Waals surface area contributed by atoms with Crippen LogP contribution in [0.15, 0.2) is 28.7 Å². The Morgan fingerprint density at radius 1 is 1.38 bits per heavy atom. The van der Waals surface area contributed by atoms with Gasteiger partial charge in [0.2, 0.25) is 0 Å². The molecule has 0 radical (unpaired) electrons. The number of Topliss-reactive ketones (excluding diaryl/α,β-unsaturated/α-hetero) is 1. The molecule has 0 spiro atoms. The highest BCUT2D eigenvalue weighted by molar-refractivity contribution is 6.10. The van der Waals surface area contributed by atoms with Crippen LogP contribution in [0.25, 0.3) is 11.0 Å². The van der Waals surface area contributed by atoms with Crippen molar-refractivity contribution in [3.63, 3.8) is 0 Å². The lowest BCUT2D eigenvalue weighted by Gasteiger charge is -2.18. The van der Waals surface area contributed by atoms with Crippen LogP contribution in [0.3, 0.4) is 0 Å². The lowest BCUT2D eigenvalue weighted by atomic mass is 10.2. The van der Waals surface area contributed by atoms with Crippen molar-refractivity contribution < 1.29 is 18.7 Å². The first-order chi connectivity index (χ1) is 10.1. The van der Waals surface area contributed by atoms with E-state index in [-0.39, 0.29) is 30.4 Å². The lowest BCUT2D eigenvalue weighted by molar-refractivity contribution is 0.0990. The highest BCUT2D eigenvalue weighted by Crippen LogP contribution is 2.34. The second-order valence-electron chi connectivity index (χ2n) is 4.28. The third-order valence-corrected chi connectivity index (χ3v) is 2.88. The van der Waals surface area contributed by atoms with Crippen LogP contribution in [0.4, 0.5) is 10.5 Å². The third-order valence-electron chi connectivity index (χ3n) is 2.88. The first-order valence-electron chi connectivity index (χ1n) is 6.43. The molecule has 0 atom stereocenters. The SMILES string of the molecule is CCOC(=O)N(CC#N)c1c(C(C)=O)oc2ccccc12. The number of benzene rings is 1. The fourth-order valence-corrected chi connectivity index (χ4v) is 2.05. The molecular formula is C15H14N2O4. The summed E-state index contributed by atoms with van der Waals surface area (Å²) in [4.78, 5) is 24.9. The highest BCUT2D eigenvalue weighted by atomic mass is 16.6. The van der Waals surface area contributed by atoms with E-state index in [1.807, 2.05) is 6.07 Å².